The highest BCUT2D eigenvalue weighted by molar-refractivity contribution is 5.85. The average molecular weight is 713 g/mol. The second kappa shape index (κ2) is 13.1. The van der Waals surface area contributed by atoms with Crippen LogP contribution in [0, 0.1) is 28.6 Å². The van der Waals surface area contributed by atoms with Gasteiger partial charge in [0.1, 0.15) is 55.6 Å². The molecule has 0 amide bonds. The molecule has 50 heavy (non-hydrogen) atoms. The average Bonchev–Trinajstić information content (AvgIpc) is 3.64. The van der Waals surface area contributed by atoms with Crippen LogP contribution in [0.2, 0.25) is 0 Å². The fourth-order valence-electron chi connectivity index (χ4n) is 11.3. The van der Waals surface area contributed by atoms with E-state index in [4.69, 9.17) is 23.7 Å². The van der Waals surface area contributed by atoms with E-state index >= 15 is 0 Å². The first-order chi connectivity index (χ1) is 23.6. The number of ether oxygens (including phenoxy) is 5. The quantitative estimate of drug-likeness (QED) is 0.0858. The Bertz CT molecular complexity index is 1340. The van der Waals surface area contributed by atoms with E-state index in [2.05, 4.69) is 6.92 Å². The van der Waals surface area contributed by atoms with E-state index in [9.17, 15) is 50.4 Å². The summed E-state index contributed by atoms with van der Waals surface area (Å²) in [4.78, 5) is 25.1. The lowest BCUT2D eigenvalue weighted by Gasteiger charge is -2.65. The van der Waals surface area contributed by atoms with Crippen molar-refractivity contribution in [3.8, 4) is 0 Å². The molecule has 15 nitrogen and oxygen atoms in total. The smallest absolute Gasteiger partial charge is 0.331 e. The van der Waals surface area contributed by atoms with Crippen molar-refractivity contribution in [3.05, 3.63) is 11.6 Å². The number of hydrogen-bond donors (Lipinski definition) is 8. The molecule has 4 saturated carbocycles. The zero-order valence-corrected chi connectivity index (χ0v) is 28.5. The van der Waals surface area contributed by atoms with E-state index < -0.39 is 96.2 Å². The molecule has 0 bridgehead atoms. The van der Waals surface area contributed by atoms with Crippen molar-refractivity contribution in [1.82, 2.24) is 0 Å². The van der Waals surface area contributed by atoms with Gasteiger partial charge in [-0.05, 0) is 81.6 Å². The van der Waals surface area contributed by atoms with Crippen LogP contribution in [0.3, 0.4) is 0 Å². The summed E-state index contributed by atoms with van der Waals surface area (Å²) in [7, 11) is 0. The van der Waals surface area contributed by atoms with Crippen LogP contribution in [0.4, 0.5) is 0 Å². The highest BCUT2D eigenvalue weighted by Gasteiger charge is 2.71. The summed E-state index contributed by atoms with van der Waals surface area (Å²) in [5.41, 5.74) is -3.20. The van der Waals surface area contributed by atoms with Crippen molar-refractivity contribution < 1.29 is 74.1 Å². The molecule has 0 unspecified atom stereocenters. The van der Waals surface area contributed by atoms with Crippen LogP contribution in [-0.2, 0) is 33.3 Å². The maximum Gasteiger partial charge on any atom is 0.331 e. The fourth-order valence-corrected chi connectivity index (χ4v) is 11.3. The van der Waals surface area contributed by atoms with Crippen LogP contribution in [0.15, 0.2) is 11.6 Å². The molecule has 0 aromatic heterocycles. The molecular formula is C35H52O15. The number of hydrogen-bond acceptors (Lipinski definition) is 15. The predicted octanol–water partition coefficient (Wildman–Crippen LogP) is -1.43. The summed E-state index contributed by atoms with van der Waals surface area (Å²) in [6.07, 6.45) is -8.63. The van der Waals surface area contributed by atoms with Gasteiger partial charge in [-0.2, -0.15) is 0 Å². The van der Waals surface area contributed by atoms with Crippen LogP contribution in [-0.4, -0.2) is 145 Å². The Hall–Kier alpha value is -1.60. The van der Waals surface area contributed by atoms with Crippen LogP contribution in [0.25, 0.3) is 0 Å². The van der Waals surface area contributed by atoms with Gasteiger partial charge in [-0.15, -0.1) is 0 Å². The largest absolute Gasteiger partial charge is 0.458 e. The number of carbonyl (C=O) groups is 2. The minimum absolute atomic E-state index is 0.00102. The van der Waals surface area contributed by atoms with Gasteiger partial charge >= 0.3 is 5.97 Å². The summed E-state index contributed by atoms with van der Waals surface area (Å²) >= 11 is 0. The van der Waals surface area contributed by atoms with Gasteiger partial charge in [-0.1, -0.05) is 6.92 Å². The van der Waals surface area contributed by atoms with Gasteiger partial charge in [0.05, 0.1) is 35.4 Å². The molecular weight excluding hydrogens is 660 g/mol. The molecule has 4 aliphatic carbocycles. The van der Waals surface area contributed by atoms with Crippen molar-refractivity contribution in [2.24, 2.45) is 28.6 Å². The van der Waals surface area contributed by atoms with Gasteiger partial charge in [0.15, 0.2) is 12.6 Å². The molecule has 3 heterocycles. The number of esters is 1. The molecule has 8 N–H and O–H groups in total. The van der Waals surface area contributed by atoms with Crippen molar-refractivity contribution in [1.29, 1.82) is 0 Å². The first-order valence-corrected chi connectivity index (χ1v) is 18.0. The van der Waals surface area contributed by atoms with Crippen LogP contribution in [0.1, 0.15) is 71.6 Å². The van der Waals surface area contributed by atoms with Crippen molar-refractivity contribution >= 4 is 12.3 Å². The Morgan fingerprint density at radius 3 is 2.24 bits per heavy atom. The third-order valence-electron chi connectivity index (χ3n) is 14.1. The summed E-state index contributed by atoms with van der Waals surface area (Å²) in [5.74, 6) is -0.830. The lowest BCUT2D eigenvalue weighted by atomic mass is 9.41. The molecule has 2 saturated heterocycles. The van der Waals surface area contributed by atoms with Crippen molar-refractivity contribution in [3.63, 3.8) is 0 Å². The van der Waals surface area contributed by atoms with Crippen LogP contribution in [0.5, 0.6) is 0 Å². The second-order valence-electron chi connectivity index (χ2n) is 16.2. The number of aliphatic hydroxyl groups excluding tert-OH is 6. The van der Waals surface area contributed by atoms with E-state index in [0.29, 0.717) is 38.5 Å². The Morgan fingerprint density at radius 2 is 1.56 bits per heavy atom. The lowest BCUT2D eigenvalue weighted by Crippen LogP contribution is -2.69. The van der Waals surface area contributed by atoms with Crippen LogP contribution >= 0.6 is 0 Å². The third kappa shape index (κ3) is 5.37. The van der Waals surface area contributed by atoms with E-state index in [1.54, 1.807) is 13.0 Å². The minimum Gasteiger partial charge on any atom is -0.458 e. The minimum atomic E-state index is -1.71. The molecule has 15 heteroatoms. The van der Waals surface area contributed by atoms with Gasteiger partial charge in [0.25, 0.3) is 0 Å². The van der Waals surface area contributed by atoms with Gasteiger partial charge in [0, 0.05) is 17.9 Å². The molecule has 7 rings (SSSR count). The van der Waals surface area contributed by atoms with Crippen LogP contribution < -0.4 is 0 Å². The Kier molecular flexibility index (Phi) is 9.60. The first kappa shape index (κ1) is 36.7. The zero-order valence-electron chi connectivity index (χ0n) is 28.5. The maximum absolute atomic E-state index is 13.2. The maximum atomic E-state index is 13.2. The van der Waals surface area contributed by atoms with Gasteiger partial charge in [-0.25, -0.2) is 4.79 Å². The lowest BCUT2D eigenvalue weighted by molar-refractivity contribution is -0.361. The molecule has 3 aliphatic heterocycles. The molecule has 18 atom stereocenters. The molecule has 0 aromatic rings. The SMILES string of the molecule is C[C@@H]1O[C@@H](O[C@H]2CC[C@]3(C=O)[C@@H]4CC[C@]5(C)[C@@H](C6=CC(=O)OC6)CC[C@]5(O)[C@@H]4CC[C@]3(O)C2)[C@H](O)[C@H](O)[C@H]1O[C@@H]1O[C@H](CO)[C@@H](O)[C@H](O)[C@H]1O. The summed E-state index contributed by atoms with van der Waals surface area (Å²) < 4.78 is 28.4. The molecule has 0 aromatic carbocycles. The van der Waals surface area contributed by atoms with Gasteiger partial charge < -0.3 is 69.3 Å². The number of aldehydes is 1. The predicted molar refractivity (Wildman–Crippen MR) is 167 cm³/mol. The second-order valence-corrected chi connectivity index (χ2v) is 16.2. The normalized spacial score (nSPS) is 55.0. The highest BCUT2D eigenvalue weighted by Crippen LogP contribution is 2.70. The topological polar surface area (TPSA) is 242 Å². The van der Waals surface area contributed by atoms with Gasteiger partial charge in [-0.3, -0.25) is 0 Å². The Balaban J connectivity index is 1.02. The molecule has 6 fully saturated rings. The first-order valence-electron chi connectivity index (χ1n) is 18.0. The van der Waals surface area contributed by atoms with E-state index in [-0.39, 0.29) is 43.2 Å². The Morgan fingerprint density at radius 1 is 0.860 bits per heavy atom. The summed E-state index contributed by atoms with van der Waals surface area (Å²) in [6, 6.07) is 0. The van der Waals surface area contributed by atoms with Gasteiger partial charge in [0.2, 0.25) is 0 Å². The number of fused-ring (bicyclic) bond motifs is 5. The number of aliphatic hydroxyl groups is 8. The molecule has 7 aliphatic rings. The van der Waals surface area contributed by atoms with Crippen molar-refractivity contribution in [2.75, 3.05) is 13.2 Å². The Labute approximate surface area is 290 Å². The van der Waals surface area contributed by atoms with E-state index in [1.165, 1.54) is 0 Å². The van der Waals surface area contributed by atoms with Crippen molar-refractivity contribution in [2.45, 2.75) is 150 Å². The summed E-state index contributed by atoms with van der Waals surface area (Å²) in [6.45, 7) is 3.22. The van der Waals surface area contributed by atoms with E-state index in [0.717, 1.165) is 18.3 Å². The highest BCUT2D eigenvalue weighted by atomic mass is 16.7. The monoisotopic (exact) mass is 712 g/mol. The number of carbonyl (C=O) groups excluding carboxylic acids is 2. The standard InChI is InChI=1S/C35H52O15/c1-16-29(50-31-27(42)25(40)24(39)22(13-36)49-31)26(41)28(43)30(47-16)48-18-3-8-33(15-37)20-4-7-32(2)19(17-11-23(38)46-14-17)6-10-35(32,45)21(20)5-9-34(33,44)12-18/h11,15-16,18-22,24-31,36,39-45H,3-10,12-14H2,1-2H3/t16-,18-,19+,20+,21+,22+,24+,25-,26-,27+,28+,29-,30-,31-,32+,33-,34-,35-/m0/s1. The zero-order chi connectivity index (χ0) is 36.0. The number of cyclic esters (lactones) is 1. The number of rotatable bonds is 7. The molecule has 0 radical (unpaired) electrons. The molecule has 282 valence electrons. The fraction of sp³-hybridized carbons (Fsp3) is 0.886. The molecule has 0 spiro atoms. The summed E-state index contributed by atoms with van der Waals surface area (Å²) in [5, 5.41) is 87.0. The van der Waals surface area contributed by atoms with E-state index in [1.807, 2.05) is 0 Å². The third-order valence-corrected chi connectivity index (χ3v) is 14.1.